The molecule has 0 fully saturated rings. The summed E-state index contributed by atoms with van der Waals surface area (Å²) in [6.07, 6.45) is 5.76. The molecule has 1 aliphatic heterocycles. The van der Waals surface area contributed by atoms with E-state index < -0.39 is 0 Å². The molecule has 4 rings (SSSR count). The summed E-state index contributed by atoms with van der Waals surface area (Å²) < 4.78 is 13.9. The molecule has 130 valence electrons. The molecule has 0 saturated carbocycles. The number of hydrogen-bond acceptors (Lipinski definition) is 3. The van der Waals surface area contributed by atoms with Crippen molar-refractivity contribution < 1.29 is 9.18 Å². The molecule has 2 aromatic rings. The SMILES string of the molecule is O=C(NCC1CCCc2cccnc21)c1cc(F)cc2c1CCNC2. The lowest BCUT2D eigenvalue weighted by atomic mass is 9.86. The molecule has 1 atom stereocenters. The molecule has 5 heteroatoms. The molecular weight excluding hydrogens is 317 g/mol. The zero-order valence-electron chi connectivity index (χ0n) is 14.1. The van der Waals surface area contributed by atoms with Crippen LogP contribution in [0.3, 0.4) is 0 Å². The van der Waals surface area contributed by atoms with Crippen LogP contribution in [0.4, 0.5) is 4.39 Å². The Labute approximate surface area is 146 Å². The second-order valence-electron chi connectivity index (χ2n) is 6.86. The first-order valence-corrected chi connectivity index (χ1v) is 8.96. The van der Waals surface area contributed by atoms with Crippen LogP contribution in [0.2, 0.25) is 0 Å². The van der Waals surface area contributed by atoms with Gasteiger partial charge in [0.2, 0.25) is 0 Å². The van der Waals surface area contributed by atoms with Crippen molar-refractivity contribution in [2.24, 2.45) is 0 Å². The van der Waals surface area contributed by atoms with E-state index >= 15 is 0 Å². The number of nitrogens with one attached hydrogen (secondary N) is 2. The maximum absolute atomic E-state index is 13.9. The van der Waals surface area contributed by atoms with Crippen LogP contribution in [0, 0.1) is 5.82 Å². The third kappa shape index (κ3) is 3.29. The van der Waals surface area contributed by atoms with Crippen LogP contribution < -0.4 is 10.6 Å². The van der Waals surface area contributed by atoms with Gasteiger partial charge in [0.15, 0.2) is 0 Å². The number of benzene rings is 1. The second-order valence-corrected chi connectivity index (χ2v) is 6.86. The van der Waals surface area contributed by atoms with Crippen LogP contribution in [0.1, 0.15) is 51.5 Å². The fourth-order valence-electron chi connectivity index (χ4n) is 4.00. The van der Waals surface area contributed by atoms with Gasteiger partial charge in [-0.2, -0.15) is 0 Å². The normalized spacial score (nSPS) is 19.0. The van der Waals surface area contributed by atoms with E-state index in [9.17, 15) is 9.18 Å². The van der Waals surface area contributed by atoms with Crippen molar-refractivity contribution in [1.29, 1.82) is 0 Å². The fraction of sp³-hybridized carbons (Fsp3) is 0.400. The molecule has 4 nitrogen and oxygen atoms in total. The Hall–Kier alpha value is -2.27. The fourth-order valence-corrected chi connectivity index (χ4v) is 4.00. The first-order chi connectivity index (χ1) is 12.2. The Kier molecular flexibility index (Phi) is 4.49. The van der Waals surface area contributed by atoms with Gasteiger partial charge in [-0.05, 0) is 67.1 Å². The predicted molar refractivity (Wildman–Crippen MR) is 94.1 cm³/mol. The minimum atomic E-state index is -0.350. The van der Waals surface area contributed by atoms with Crippen molar-refractivity contribution in [2.45, 2.75) is 38.1 Å². The Bertz CT molecular complexity index is 806. The number of fused-ring (bicyclic) bond motifs is 2. The number of amides is 1. The molecule has 0 spiro atoms. The zero-order chi connectivity index (χ0) is 17.2. The molecule has 0 bridgehead atoms. The zero-order valence-corrected chi connectivity index (χ0v) is 14.1. The van der Waals surface area contributed by atoms with E-state index in [-0.39, 0.29) is 17.6 Å². The largest absolute Gasteiger partial charge is 0.351 e. The first kappa shape index (κ1) is 16.2. The van der Waals surface area contributed by atoms with Gasteiger partial charge in [-0.1, -0.05) is 6.07 Å². The molecule has 2 aliphatic rings. The van der Waals surface area contributed by atoms with Gasteiger partial charge in [-0.15, -0.1) is 0 Å². The average Bonchev–Trinajstić information content (AvgIpc) is 2.65. The summed E-state index contributed by atoms with van der Waals surface area (Å²) in [6, 6.07) is 6.98. The summed E-state index contributed by atoms with van der Waals surface area (Å²) in [5, 5.41) is 6.24. The van der Waals surface area contributed by atoms with Gasteiger partial charge >= 0.3 is 0 Å². The van der Waals surface area contributed by atoms with E-state index in [0.29, 0.717) is 18.7 Å². The minimum absolute atomic E-state index is 0.180. The van der Waals surface area contributed by atoms with Crippen LogP contribution in [0.15, 0.2) is 30.5 Å². The van der Waals surface area contributed by atoms with Gasteiger partial charge in [-0.3, -0.25) is 9.78 Å². The van der Waals surface area contributed by atoms with Gasteiger partial charge in [-0.25, -0.2) is 4.39 Å². The van der Waals surface area contributed by atoms with Crippen molar-refractivity contribution >= 4 is 5.91 Å². The van der Waals surface area contributed by atoms with Gasteiger partial charge in [0.05, 0.1) is 0 Å². The Balaban J connectivity index is 1.51. The molecule has 2 heterocycles. The highest BCUT2D eigenvalue weighted by atomic mass is 19.1. The summed E-state index contributed by atoms with van der Waals surface area (Å²) in [5.41, 5.74) is 4.72. The average molecular weight is 339 g/mol. The summed E-state index contributed by atoms with van der Waals surface area (Å²) in [7, 11) is 0. The number of halogens is 1. The molecule has 0 radical (unpaired) electrons. The lowest BCUT2D eigenvalue weighted by Crippen LogP contribution is -2.33. The number of hydrogen-bond donors (Lipinski definition) is 2. The molecule has 25 heavy (non-hydrogen) atoms. The number of carbonyl (C=O) groups is 1. The number of aryl methyl sites for hydroxylation is 1. The van der Waals surface area contributed by atoms with Gasteiger partial charge < -0.3 is 10.6 Å². The quantitative estimate of drug-likeness (QED) is 0.904. The highest BCUT2D eigenvalue weighted by molar-refractivity contribution is 5.96. The number of rotatable bonds is 3. The van der Waals surface area contributed by atoms with Crippen molar-refractivity contribution in [2.75, 3.05) is 13.1 Å². The molecular formula is C20H22FN3O. The van der Waals surface area contributed by atoms with E-state index in [1.165, 1.54) is 17.7 Å². The van der Waals surface area contributed by atoms with Crippen LogP contribution in [-0.4, -0.2) is 24.0 Å². The summed E-state index contributed by atoms with van der Waals surface area (Å²) in [4.78, 5) is 17.2. The molecule has 1 aliphatic carbocycles. The van der Waals surface area contributed by atoms with E-state index in [2.05, 4.69) is 21.7 Å². The first-order valence-electron chi connectivity index (χ1n) is 8.96. The number of aromatic nitrogens is 1. The maximum atomic E-state index is 13.9. The Morgan fingerprint density at radius 2 is 2.24 bits per heavy atom. The molecule has 1 unspecified atom stereocenters. The smallest absolute Gasteiger partial charge is 0.251 e. The van der Waals surface area contributed by atoms with E-state index in [1.807, 2.05) is 12.3 Å². The monoisotopic (exact) mass is 339 g/mol. The Morgan fingerprint density at radius 1 is 1.32 bits per heavy atom. The predicted octanol–water partition coefficient (Wildman–Crippen LogP) is 2.72. The van der Waals surface area contributed by atoms with E-state index in [0.717, 1.165) is 49.0 Å². The van der Waals surface area contributed by atoms with Crippen molar-refractivity contribution in [3.05, 3.63) is 64.2 Å². The van der Waals surface area contributed by atoms with E-state index in [4.69, 9.17) is 0 Å². The lowest BCUT2D eigenvalue weighted by Gasteiger charge is -2.25. The third-order valence-corrected chi connectivity index (χ3v) is 5.24. The van der Waals surface area contributed by atoms with E-state index in [1.54, 1.807) is 0 Å². The van der Waals surface area contributed by atoms with Gasteiger partial charge in [0.25, 0.3) is 5.91 Å². The molecule has 1 aromatic heterocycles. The highest BCUT2D eigenvalue weighted by Crippen LogP contribution is 2.29. The number of nitrogens with zero attached hydrogens (tertiary/aromatic N) is 1. The van der Waals surface area contributed by atoms with Crippen molar-refractivity contribution in [3.63, 3.8) is 0 Å². The molecule has 2 N–H and O–H groups in total. The maximum Gasteiger partial charge on any atom is 0.251 e. The number of pyridine rings is 1. The van der Waals surface area contributed by atoms with Crippen LogP contribution in [0.5, 0.6) is 0 Å². The topological polar surface area (TPSA) is 54.0 Å². The molecule has 1 aromatic carbocycles. The summed E-state index contributed by atoms with van der Waals surface area (Å²) >= 11 is 0. The minimum Gasteiger partial charge on any atom is -0.351 e. The molecule has 0 saturated heterocycles. The van der Waals surface area contributed by atoms with Gasteiger partial charge in [0, 0.05) is 36.5 Å². The van der Waals surface area contributed by atoms with Crippen LogP contribution in [0.25, 0.3) is 0 Å². The second kappa shape index (κ2) is 6.92. The van der Waals surface area contributed by atoms with Gasteiger partial charge in [0.1, 0.15) is 5.82 Å². The van der Waals surface area contributed by atoms with Crippen molar-refractivity contribution in [1.82, 2.24) is 15.6 Å². The summed E-state index contributed by atoms with van der Waals surface area (Å²) in [5.74, 6) is -0.294. The van der Waals surface area contributed by atoms with Crippen molar-refractivity contribution in [3.8, 4) is 0 Å². The lowest BCUT2D eigenvalue weighted by molar-refractivity contribution is 0.0948. The summed E-state index contributed by atoms with van der Waals surface area (Å²) in [6.45, 7) is 1.98. The standard InChI is InChI=1S/C20H22FN3O/c21-16-9-15-11-22-8-6-17(15)18(10-16)20(25)24-12-14-4-1-3-13-5-2-7-23-19(13)14/h2,5,7,9-10,14,22H,1,3-4,6,8,11-12H2,(H,24,25). The van der Waals surface area contributed by atoms with Crippen LogP contribution >= 0.6 is 0 Å². The highest BCUT2D eigenvalue weighted by Gasteiger charge is 2.24. The molecule has 1 amide bonds. The van der Waals surface area contributed by atoms with Crippen LogP contribution in [-0.2, 0) is 19.4 Å². The third-order valence-electron chi connectivity index (χ3n) is 5.24. The Morgan fingerprint density at radius 3 is 3.16 bits per heavy atom. The number of carbonyl (C=O) groups excluding carboxylic acids is 1.